The van der Waals surface area contributed by atoms with Crippen molar-refractivity contribution in [3.63, 3.8) is 0 Å². The van der Waals surface area contributed by atoms with Gasteiger partial charge >= 0.3 is 6.01 Å². The quantitative estimate of drug-likeness (QED) is 0.265. The van der Waals surface area contributed by atoms with Gasteiger partial charge in [-0.15, -0.1) is 0 Å². The van der Waals surface area contributed by atoms with Crippen LogP contribution in [-0.2, 0) is 22.5 Å². The number of fused-ring (bicyclic) bond motifs is 2. The highest BCUT2D eigenvalue weighted by Gasteiger charge is 2.36. The number of aryl methyl sites for hydroxylation is 1. The first-order valence-electron chi connectivity index (χ1n) is 15.5. The SMILES string of the molecule is [C-]#[N+]C[C@H]1CN(c2nc(O[C@H](C)CN(C)C3COC3)nc3c2CCN(c2cccc4cccc(C)c24)C3)CCN1C(=O)C(=C)F. The van der Waals surface area contributed by atoms with Gasteiger partial charge in [-0.1, -0.05) is 36.9 Å². The van der Waals surface area contributed by atoms with Crippen molar-refractivity contribution in [3.05, 3.63) is 77.0 Å². The highest BCUT2D eigenvalue weighted by molar-refractivity contribution is 5.97. The van der Waals surface area contributed by atoms with Crippen molar-refractivity contribution in [3.8, 4) is 6.01 Å². The van der Waals surface area contributed by atoms with Gasteiger partial charge in [0, 0.05) is 49.4 Å². The molecule has 0 spiro atoms. The maximum atomic E-state index is 13.8. The number of likely N-dealkylation sites (N-methyl/N-ethyl adjacent to an activating group) is 1. The summed E-state index contributed by atoms with van der Waals surface area (Å²) in [7, 11) is 2.07. The average molecular weight is 614 g/mol. The molecule has 1 aromatic heterocycles. The molecule has 3 aliphatic rings. The molecule has 0 radical (unpaired) electrons. The van der Waals surface area contributed by atoms with Crippen molar-refractivity contribution in [2.24, 2.45) is 0 Å². The topological polar surface area (TPSA) is 78.6 Å². The molecular weight excluding hydrogens is 573 g/mol. The Balaban J connectivity index is 1.33. The van der Waals surface area contributed by atoms with Gasteiger partial charge in [0.2, 0.25) is 6.54 Å². The molecule has 2 fully saturated rings. The predicted octanol–water partition coefficient (Wildman–Crippen LogP) is 4.02. The normalized spacial score (nSPS) is 19.2. The summed E-state index contributed by atoms with van der Waals surface area (Å²) in [5, 5.41) is 2.44. The lowest BCUT2D eigenvalue weighted by Gasteiger charge is -2.41. The highest BCUT2D eigenvalue weighted by Crippen LogP contribution is 2.36. The molecule has 0 bridgehead atoms. The van der Waals surface area contributed by atoms with Crippen molar-refractivity contribution < 1.29 is 18.7 Å². The van der Waals surface area contributed by atoms with E-state index in [1.807, 2.05) is 6.92 Å². The lowest BCUT2D eigenvalue weighted by atomic mass is 9.99. The first-order valence-corrected chi connectivity index (χ1v) is 15.5. The van der Waals surface area contributed by atoms with Crippen LogP contribution in [0.1, 0.15) is 23.7 Å². The molecule has 0 N–H and O–H groups in total. The van der Waals surface area contributed by atoms with E-state index in [0.29, 0.717) is 38.2 Å². The summed E-state index contributed by atoms with van der Waals surface area (Å²) in [6.45, 7) is 19.5. The minimum atomic E-state index is -1.01. The molecular formula is C34H40FN7O3. The summed E-state index contributed by atoms with van der Waals surface area (Å²) in [6, 6.07) is 13.0. The number of aromatic nitrogens is 2. The number of benzene rings is 2. The number of carbonyl (C=O) groups is 1. The number of rotatable bonds is 9. The van der Waals surface area contributed by atoms with E-state index < -0.39 is 17.8 Å². The lowest BCUT2D eigenvalue weighted by molar-refractivity contribution is -0.131. The Labute approximate surface area is 263 Å². The van der Waals surface area contributed by atoms with Gasteiger partial charge in [-0.3, -0.25) is 9.69 Å². The van der Waals surface area contributed by atoms with Crippen LogP contribution in [0.5, 0.6) is 6.01 Å². The number of halogens is 1. The molecule has 236 valence electrons. The van der Waals surface area contributed by atoms with Crippen LogP contribution in [0.4, 0.5) is 15.9 Å². The summed E-state index contributed by atoms with van der Waals surface area (Å²) in [5.74, 6) is -1.00. The smallest absolute Gasteiger partial charge is 0.318 e. The maximum Gasteiger partial charge on any atom is 0.318 e. The summed E-state index contributed by atoms with van der Waals surface area (Å²) >= 11 is 0. The van der Waals surface area contributed by atoms with Gasteiger partial charge in [0.05, 0.1) is 31.5 Å². The molecule has 11 heteroatoms. The van der Waals surface area contributed by atoms with Crippen LogP contribution in [0.15, 0.2) is 48.8 Å². The molecule has 2 saturated heterocycles. The minimum Gasteiger partial charge on any atom is -0.459 e. The van der Waals surface area contributed by atoms with E-state index in [1.165, 1.54) is 26.9 Å². The van der Waals surface area contributed by atoms with Gasteiger partial charge < -0.3 is 29.0 Å². The highest BCUT2D eigenvalue weighted by atomic mass is 19.1. The third-order valence-electron chi connectivity index (χ3n) is 9.13. The summed E-state index contributed by atoms with van der Waals surface area (Å²) in [4.78, 5) is 34.2. The van der Waals surface area contributed by atoms with E-state index in [-0.39, 0.29) is 19.2 Å². The van der Waals surface area contributed by atoms with Crippen LogP contribution in [0.3, 0.4) is 0 Å². The molecule has 45 heavy (non-hydrogen) atoms. The van der Waals surface area contributed by atoms with Crippen LogP contribution in [0.2, 0.25) is 0 Å². The molecule has 2 atom stereocenters. The number of hydrogen-bond donors (Lipinski definition) is 0. The molecule has 0 saturated carbocycles. The second kappa shape index (κ2) is 13.0. The Morgan fingerprint density at radius 1 is 1.20 bits per heavy atom. The number of nitrogens with zero attached hydrogens (tertiary/aromatic N) is 7. The first kappa shape index (κ1) is 30.7. The zero-order valence-electron chi connectivity index (χ0n) is 26.2. The standard InChI is InChI=1S/C34H40FN7O3/c1-22-8-6-9-25-10-7-11-30(31(22)25)40-13-12-28-29(19-40)37-34(45-23(2)17-39(5)27-20-44-21-27)38-32(28)41-14-15-42(33(43)24(3)35)26(18-41)16-36-4/h6-11,23,26-27H,3,12-21H2,1-2,5H3/t23-,26+/m1/s1. The fourth-order valence-electron chi connectivity index (χ4n) is 6.66. The van der Waals surface area contributed by atoms with Crippen LogP contribution in [-0.4, -0.2) is 103 Å². The van der Waals surface area contributed by atoms with Gasteiger partial charge in [0.1, 0.15) is 18.0 Å². The summed E-state index contributed by atoms with van der Waals surface area (Å²) in [5.41, 5.74) is 4.35. The van der Waals surface area contributed by atoms with E-state index in [1.54, 1.807) is 0 Å². The van der Waals surface area contributed by atoms with E-state index >= 15 is 0 Å². The largest absolute Gasteiger partial charge is 0.459 e. The van der Waals surface area contributed by atoms with Crippen molar-refractivity contribution >= 4 is 28.2 Å². The molecule has 6 rings (SSSR count). The number of ether oxygens (including phenoxy) is 2. The number of piperazine rings is 1. The molecule has 0 unspecified atom stereocenters. The van der Waals surface area contributed by atoms with Crippen LogP contribution in [0.25, 0.3) is 15.6 Å². The van der Waals surface area contributed by atoms with Crippen molar-refractivity contribution in [2.75, 3.05) is 69.3 Å². The fraction of sp³-hybridized carbons (Fsp3) is 0.471. The second-order valence-electron chi connectivity index (χ2n) is 12.3. The first-order chi connectivity index (χ1) is 21.7. The van der Waals surface area contributed by atoms with E-state index in [4.69, 9.17) is 26.0 Å². The van der Waals surface area contributed by atoms with Gasteiger partial charge in [-0.2, -0.15) is 9.97 Å². The molecule has 2 aromatic carbocycles. The molecule has 4 heterocycles. The van der Waals surface area contributed by atoms with Crippen molar-refractivity contribution in [2.45, 2.75) is 45.0 Å². The lowest BCUT2D eigenvalue weighted by Crippen LogP contribution is -2.57. The molecule has 3 aromatic rings. The zero-order chi connectivity index (χ0) is 31.7. The maximum absolute atomic E-state index is 13.8. The van der Waals surface area contributed by atoms with E-state index in [2.05, 4.69) is 76.5 Å². The Kier molecular flexibility index (Phi) is 8.88. The Hall–Kier alpha value is -4.27. The Bertz CT molecular complexity index is 1630. The number of anilines is 2. The zero-order valence-corrected chi connectivity index (χ0v) is 26.2. The number of amides is 1. The molecule has 3 aliphatic heterocycles. The monoisotopic (exact) mass is 613 g/mol. The average Bonchev–Trinajstić information content (AvgIpc) is 2.99. The van der Waals surface area contributed by atoms with Gasteiger partial charge in [0.25, 0.3) is 5.91 Å². The third kappa shape index (κ3) is 6.30. The number of carbonyl (C=O) groups excluding carboxylic acids is 1. The second-order valence-corrected chi connectivity index (χ2v) is 12.3. The minimum absolute atomic E-state index is 0.0641. The van der Waals surface area contributed by atoms with Gasteiger partial charge in [0.15, 0.2) is 5.83 Å². The van der Waals surface area contributed by atoms with Crippen molar-refractivity contribution in [1.29, 1.82) is 0 Å². The van der Waals surface area contributed by atoms with Crippen LogP contribution >= 0.6 is 0 Å². The van der Waals surface area contributed by atoms with E-state index in [0.717, 1.165) is 43.3 Å². The molecule has 10 nitrogen and oxygen atoms in total. The number of hydrogen-bond acceptors (Lipinski definition) is 8. The fourth-order valence-corrected chi connectivity index (χ4v) is 6.66. The predicted molar refractivity (Wildman–Crippen MR) is 172 cm³/mol. The van der Waals surface area contributed by atoms with E-state index in [9.17, 15) is 9.18 Å². The van der Waals surface area contributed by atoms with Crippen molar-refractivity contribution in [1.82, 2.24) is 19.8 Å². The molecule has 0 aliphatic carbocycles. The van der Waals surface area contributed by atoms with Crippen LogP contribution < -0.4 is 14.5 Å². The summed E-state index contributed by atoms with van der Waals surface area (Å²) < 4.78 is 25.6. The Morgan fingerprint density at radius 2 is 1.98 bits per heavy atom. The molecule has 1 amide bonds. The summed E-state index contributed by atoms with van der Waals surface area (Å²) in [6.07, 6.45) is 0.558. The van der Waals surface area contributed by atoms with Gasteiger partial charge in [-0.05, 0) is 44.3 Å². The van der Waals surface area contributed by atoms with Gasteiger partial charge in [-0.25, -0.2) is 11.0 Å². The van der Waals surface area contributed by atoms with Crippen LogP contribution in [0, 0.1) is 13.5 Å². The Morgan fingerprint density at radius 3 is 2.69 bits per heavy atom. The third-order valence-corrected chi connectivity index (χ3v) is 9.13.